The second-order valence-electron chi connectivity index (χ2n) is 3.32. The van der Waals surface area contributed by atoms with E-state index in [0.717, 1.165) is 10.5 Å². The fraction of sp³-hybridized carbons (Fsp3) is 0.250. The number of allylic oxidation sites excluding steroid dienone is 5. The van der Waals surface area contributed by atoms with Crippen LogP contribution in [-0.2, 0) is 0 Å². The predicted octanol–water partition coefficient (Wildman–Crippen LogP) is 3.86. The molecule has 0 saturated carbocycles. The van der Waals surface area contributed by atoms with E-state index in [-0.39, 0.29) is 0 Å². The van der Waals surface area contributed by atoms with Crippen LogP contribution in [0.15, 0.2) is 46.4 Å². The number of rotatable bonds is 3. The lowest BCUT2D eigenvalue weighted by Gasteiger charge is -1.96. The van der Waals surface area contributed by atoms with Crippen LogP contribution >= 0.6 is 12.6 Å². The first kappa shape index (κ1) is 11.9. The molecule has 0 N–H and O–H groups in total. The molecule has 1 aromatic rings. The standard InChI is InChI=1S/C12H15NOS/c1-4-9(2)5-10(3)6-12(15)11-7-13-8-14-11/h4-8,15H,1-3H3/b9-4+,10-5+,12-6-. The topological polar surface area (TPSA) is 26.0 Å². The third-order valence-electron chi connectivity index (χ3n) is 1.96. The average molecular weight is 221 g/mol. The quantitative estimate of drug-likeness (QED) is 0.619. The highest BCUT2D eigenvalue weighted by molar-refractivity contribution is 7.90. The van der Waals surface area contributed by atoms with Crippen LogP contribution in [0.4, 0.5) is 0 Å². The van der Waals surface area contributed by atoms with Gasteiger partial charge >= 0.3 is 0 Å². The first-order chi connectivity index (χ1) is 7.13. The molecule has 0 fully saturated rings. The average Bonchev–Trinajstić information content (AvgIpc) is 2.70. The van der Waals surface area contributed by atoms with E-state index in [1.165, 1.54) is 12.0 Å². The van der Waals surface area contributed by atoms with E-state index in [2.05, 4.69) is 36.7 Å². The van der Waals surface area contributed by atoms with Crippen molar-refractivity contribution in [2.24, 2.45) is 0 Å². The smallest absolute Gasteiger partial charge is 0.181 e. The second-order valence-corrected chi connectivity index (χ2v) is 3.80. The summed E-state index contributed by atoms with van der Waals surface area (Å²) in [5.74, 6) is 0.684. The van der Waals surface area contributed by atoms with Crippen LogP contribution in [0.25, 0.3) is 4.91 Å². The van der Waals surface area contributed by atoms with Gasteiger partial charge in [-0.3, -0.25) is 0 Å². The normalized spacial score (nSPS) is 14.5. The Balaban J connectivity index is 2.84. The maximum absolute atomic E-state index is 5.13. The Morgan fingerprint density at radius 2 is 2.07 bits per heavy atom. The van der Waals surface area contributed by atoms with E-state index in [9.17, 15) is 0 Å². The summed E-state index contributed by atoms with van der Waals surface area (Å²) in [5, 5.41) is 0. The van der Waals surface area contributed by atoms with Crippen molar-refractivity contribution >= 4 is 17.5 Å². The molecule has 0 aliphatic rings. The highest BCUT2D eigenvalue weighted by atomic mass is 32.1. The molecule has 1 heterocycles. The van der Waals surface area contributed by atoms with Gasteiger partial charge in [-0.1, -0.05) is 17.7 Å². The Morgan fingerprint density at radius 1 is 1.33 bits per heavy atom. The first-order valence-electron chi connectivity index (χ1n) is 4.74. The summed E-state index contributed by atoms with van der Waals surface area (Å²) in [6.07, 6.45) is 9.15. The number of thiol groups is 1. The minimum absolute atomic E-state index is 0.684. The maximum Gasteiger partial charge on any atom is 0.181 e. The Labute approximate surface area is 95.8 Å². The fourth-order valence-corrected chi connectivity index (χ4v) is 1.43. The molecule has 2 nitrogen and oxygen atoms in total. The van der Waals surface area contributed by atoms with Crippen LogP contribution in [0.5, 0.6) is 0 Å². The van der Waals surface area contributed by atoms with Gasteiger partial charge in [-0.25, -0.2) is 4.98 Å². The maximum atomic E-state index is 5.13. The van der Waals surface area contributed by atoms with Crippen molar-refractivity contribution in [2.75, 3.05) is 0 Å². The van der Waals surface area contributed by atoms with Gasteiger partial charge in [0.2, 0.25) is 0 Å². The van der Waals surface area contributed by atoms with E-state index in [0.29, 0.717) is 5.76 Å². The number of aromatic nitrogens is 1. The van der Waals surface area contributed by atoms with Gasteiger partial charge in [0, 0.05) is 4.91 Å². The monoisotopic (exact) mass is 221 g/mol. The molecule has 1 rings (SSSR count). The summed E-state index contributed by atoms with van der Waals surface area (Å²) in [6.45, 7) is 6.10. The Hall–Kier alpha value is -1.22. The number of nitrogens with zero attached hydrogens (tertiary/aromatic N) is 1. The summed E-state index contributed by atoms with van der Waals surface area (Å²) in [7, 11) is 0. The van der Waals surface area contributed by atoms with E-state index >= 15 is 0 Å². The van der Waals surface area contributed by atoms with Crippen molar-refractivity contribution in [3.05, 3.63) is 47.7 Å². The molecule has 15 heavy (non-hydrogen) atoms. The fourth-order valence-electron chi connectivity index (χ4n) is 1.11. The van der Waals surface area contributed by atoms with Crippen molar-refractivity contribution in [3.63, 3.8) is 0 Å². The van der Waals surface area contributed by atoms with E-state index in [1.54, 1.807) is 6.20 Å². The van der Waals surface area contributed by atoms with Gasteiger partial charge < -0.3 is 4.42 Å². The molecule has 80 valence electrons. The summed E-state index contributed by atoms with van der Waals surface area (Å²) in [4.78, 5) is 4.62. The zero-order valence-electron chi connectivity index (χ0n) is 9.19. The largest absolute Gasteiger partial charge is 0.443 e. The van der Waals surface area contributed by atoms with Crippen molar-refractivity contribution in [2.45, 2.75) is 20.8 Å². The van der Waals surface area contributed by atoms with Crippen molar-refractivity contribution in [1.29, 1.82) is 0 Å². The minimum atomic E-state index is 0.684. The van der Waals surface area contributed by atoms with Crippen LogP contribution in [0.2, 0.25) is 0 Å². The van der Waals surface area contributed by atoms with Crippen LogP contribution < -0.4 is 0 Å². The van der Waals surface area contributed by atoms with Crippen molar-refractivity contribution in [1.82, 2.24) is 4.98 Å². The molecule has 0 aliphatic heterocycles. The molecule has 0 aromatic carbocycles. The molecule has 0 radical (unpaired) electrons. The highest BCUT2D eigenvalue weighted by Crippen LogP contribution is 2.19. The summed E-state index contributed by atoms with van der Waals surface area (Å²) < 4.78 is 5.13. The van der Waals surface area contributed by atoms with Crippen LogP contribution in [0, 0.1) is 0 Å². The van der Waals surface area contributed by atoms with Gasteiger partial charge in [0.15, 0.2) is 12.2 Å². The number of hydrogen-bond donors (Lipinski definition) is 1. The lowest BCUT2D eigenvalue weighted by molar-refractivity contribution is 0.547. The number of oxazole rings is 1. The molecule has 0 amide bonds. The lowest BCUT2D eigenvalue weighted by Crippen LogP contribution is -1.76. The first-order valence-corrected chi connectivity index (χ1v) is 5.19. The Kier molecular flexibility index (Phi) is 4.43. The summed E-state index contributed by atoms with van der Waals surface area (Å²) in [5.41, 5.74) is 2.36. The molecule has 0 aliphatic carbocycles. The van der Waals surface area contributed by atoms with Gasteiger partial charge in [0.05, 0.1) is 6.20 Å². The van der Waals surface area contributed by atoms with E-state index in [1.807, 2.05) is 19.9 Å². The molecule has 0 bridgehead atoms. The van der Waals surface area contributed by atoms with Gasteiger partial charge in [0.25, 0.3) is 0 Å². The highest BCUT2D eigenvalue weighted by Gasteiger charge is 1.99. The van der Waals surface area contributed by atoms with Crippen LogP contribution in [-0.4, -0.2) is 4.98 Å². The van der Waals surface area contributed by atoms with Gasteiger partial charge in [0.1, 0.15) is 0 Å². The molecular weight excluding hydrogens is 206 g/mol. The molecule has 3 heteroatoms. The second kappa shape index (κ2) is 5.61. The Bertz CT molecular complexity index is 399. The zero-order chi connectivity index (χ0) is 11.3. The van der Waals surface area contributed by atoms with Crippen LogP contribution in [0.3, 0.4) is 0 Å². The SMILES string of the molecule is C/C=C(C)/C=C(C)/C=C(\S)c1cnco1. The summed E-state index contributed by atoms with van der Waals surface area (Å²) >= 11 is 4.34. The lowest BCUT2D eigenvalue weighted by atomic mass is 10.1. The third kappa shape index (κ3) is 3.80. The van der Waals surface area contributed by atoms with E-state index in [4.69, 9.17) is 4.42 Å². The zero-order valence-corrected chi connectivity index (χ0v) is 10.1. The van der Waals surface area contributed by atoms with Crippen molar-refractivity contribution < 1.29 is 4.42 Å². The molecule has 0 unspecified atom stereocenters. The van der Waals surface area contributed by atoms with E-state index < -0.39 is 0 Å². The molecule has 0 spiro atoms. The number of hydrogen-bond acceptors (Lipinski definition) is 3. The van der Waals surface area contributed by atoms with Crippen LogP contribution in [0.1, 0.15) is 26.5 Å². The third-order valence-corrected chi connectivity index (χ3v) is 2.31. The summed E-state index contributed by atoms with van der Waals surface area (Å²) in [6, 6.07) is 0. The Morgan fingerprint density at radius 3 is 2.60 bits per heavy atom. The predicted molar refractivity (Wildman–Crippen MR) is 66.7 cm³/mol. The van der Waals surface area contributed by atoms with Gasteiger partial charge in [-0.15, -0.1) is 12.6 Å². The van der Waals surface area contributed by atoms with Gasteiger partial charge in [-0.05, 0) is 32.4 Å². The minimum Gasteiger partial charge on any atom is -0.443 e. The van der Waals surface area contributed by atoms with Gasteiger partial charge in [-0.2, -0.15) is 0 Å². The molecule has 1 aromatic heterocycles. The van der Waals surface area contributed by atoms with Crippen molar-refractivity contribution in [3.8, 4) is 0 Å². The molecule has 0 saturated heterocycles. The molecule has 0 atom stereocenters. The molecular formula is C12H15NOS.